The van der Waals surface area contributed by atoms with Crippen molar-refractivity contribution in [3.63, 3.8) is 0 Å². The highest BCUT2D eigenvalue weighted by molar-refractivity contribution is 9.10. The number of nitrogens with one attached hydrogen (secondary N) is 1. The molecule has 0 aliphatic heterocycles. The molecule has 0 aliphatic rings. The first-order valence-electron chi connectivity index (χ1n) is 7.81. The fourth-order valence-electron chi connectivity index (χ4n) is 2.25. The van der Waals surface area contributed by atoms with E-state index in [1.807, 2.05) is 19.9 Å². The first-order chi connectivity index (χ1) is 12.3. The Morgan fingerprint density at radius 2 is 1.62 bits per heavy atom. The van der Waals surface area contributed by atoms with Gasteiger partial charge >= 0.3 is 5.97 Å². The molecule has 1 N–H and O–H groups in total. The number of esters is 1. The lowest BCUT2D eigenvalue weighted by Gasteiger charge is -2.12. The number of ether oxygens (including phenoxy) is 3. The van der Waals surface area contributed by atoms with Crippen LogP contribution in [0.4, 0.5) is 5.69 Å². The zero-order valence-corrected chi connectivity index (χ0v) is 16.6. The van der Waals surface area contributed by atoms with E-state index >= 15 is 0 Å². The van der Waals surface area contributed by atoms with Crippen molar-refractivity contribution in [2.24, 2.45) is 0 Å². The van der Waals surface area contributed by atoms with E-state index in [2.05, 4.69) is 21.2 Å². The number of anilines is 1. The van der Waals surface area contributed by atoms with Gasteiger partial charge in [0, 0.05) is 16.2 Å². The van der Waals surface area contributed by atoms with Crippen molar-refractivity contribution >= 4 is 33.5 Å². The summed E-state index contributed by atoms with van der Waals surface area (Å²) in [5.74, 6) is -0.137. The predicted octanol–water partition coefficient (Wildman–Crippen LogP) is 3.88. The minimum Gasteiger partial charge on any atom is -0.497 e. The molecule has 0 aliphatic carbocycles. The monoisotopic (exact) mass is 421 g/mol. The van der Waals surface area contributed by atoms with Crippen LogP contribution in [-0.2, 0) is 9.53 Å². The third kappa shape index (κ3) is 4.76. The summed E-state index contributed by atoms with van der Waals surface area (Å²) < 4.78 is 16.3. The van der Waals surface area contributed by atoms with Crippen LogP contribution >= 0.6 is 15.9 Å². The Hall–Kier alpha value is -2.54. The van der Waals surface area contributed by atoms with Crippen molar-refractivity contribution in [2.45, 2.75) is 13.8 Å². The van der Waals surface area contributed by atoms with Crippen molar-refractivity contribution in [1.29, 1.82) is 0 Å². The summed E-state index contributed by atoms with van der Waals surface area (Å²) in [5, 5.41) is 2.74. The number of amides is 1. The molecule has 0 heterocycles. The first-order valence-corrected chi connectivity index (χ1v) is 8.60. The number of hydrogen-bond donors (Lipinski definition) is 1. The maximum atomic E-state index is 12.2. The summed E-state index contributed by atoms with van der Waals surface area (Å²) in [6, 6.07) is 8.32. The van der Waals surface area contributed by atoms with Gasteiger partial charge in [0.1, 0.15) is 11.5 Å². The highest BCUT2D eigenvalue weighted by Crippen LogP contribution is 2.26. The maximum absolute atomic E-state index is 12.2. The topological polar surface area (TPSA) is 73.9 Å². The van der Waals surface area contributed by atoms with Crippen molar-refractivity contribution in [1.82, 2.24) is 0 Å². The average Bonchev–Trinajstić information content (AvgIpc) is 2.66. The van der Waals surface area contributed by atoms with Gasteiger partial charge < -0.3 is 19.5 Å². The molecule has 1 amide bonds. The summed E-state index contributed by atoms with van der Waals surface area (Å²) in [7, 11) is 2.97. The lowest BCUT2D eigenvalue weighted by Crippen LogP contribution is -2.21. The molecule has 0 radical (unpaired) electrons. The molecule has 138 valence electrons. The molecule has 2 aromatic carbocycles. The summed E-state index contributed by atoms with van der Waals surface area (Å²) in [6.07, 6.45) is 0. The van der Waals surface area contributed by atoms with Crippen LogP contribution in [0.25, 0.3) is 0 Å². The van der Waals surface area contributed by atoms with E-state index < -0.39 is 18.5 Å². The van der Waals surface area contributed by atoms with Crippen LogP contribution in [0.3, 0.4) is 0 Å². The summed E-state index contributed by atoms with van der Waals surface area (Å²) in [6.45, 7) is 3.46. The SMILES string of the molecule is COc1cc(OC)cc(C(=O)OCC(=O)Nc2ccc(Br)c(C)c2C)c1. The summed E-state index contributed by atoms with van der Waals surface area (Å²) in [4.78, 5) is 24.3. The van der Waals surface area contributed by atoms with E-state index in [9.17, 15) is 9.59 Å². The number of methoxy groups -OCH3 is 2. The van der Waals surface area contributed by atoms with Gasteiger partial charge in [0.2, 0.25) is 0 Å². The second-order valence-corrected chi connectivity index (χ2v) is 6.42. The fraction of sp³-hybridized carbons (Fsp3) is 0.263. The van der Waals surface area contributed by atoms with Gasteiger partial charge in [-0.25, -0.2) is 4.79 Å². The molecule has 0 saturated carbocycles. The smallest absolute Gasteiger partial charge is 0.338 e. The zero-order valence-electron chi connectivity index (χ0n) is 15.0. The predicted molar refractivity (Wildman–Crippen MR) is 102 cm³/mol. The molecule has 0 fully saturated rings. The molecule has 0 saturated heterocycles. The number of hydrogen-bond acceptors (Lipinski definition) is 5. The van der Waals surface area contributed by atoms with Crippen LogP contribution in [0.1, 0.15) is 21.5 Å². The summed E-state index contributed by atoms with van der Waals surface area (Å²) >= 11 is 3.44. The molecule has 26 heavy (non-hydrogen) atoms. The standard InChI is InChI=1S/C19H20BrNO5/c1-11-12(2)17(6-5-16(11)20)21-18(22)10-26-19(23)13-7-14(24-3)9-15(8-13)25-4/h5-9H,10H2,1-4H3,(H,21,22). The molecule has 0 unspecified atom stereocenters. The number of rotatable bonds is 6. The van der Waals surface area contributed by atoms with E-state index in [1.54, 1.807) is 12.1 Å². The van der Waals surface area contributed by atoms with Gasteiger partial charge in [-0.3, -0.25) is 4.79 Å². The lowest BCUT2D eigenvalue weighted by molar-refractivity contribution is -0.119. The minimum atomic E-state index is -0.638. The number of benzene rings is 2. The van der Waals surface area contributed by atoms with Crippen LogP contribution in [0.15, 0.2) is 34.8 Å². The van der Waals surface area contributed by atoms with Gasteiger partial charge in [-0.2, -0.15) is 0 Å². The van der Waals surface area contributed by atoms with Crippen molar-refractivity contribution < 1.29 is 23.8 Å². The highest BCUT2D eigenvalue weighted by Gasteiger charge is 2.14. The van der Waals surface area contributed by atoms with Gasteiger partial charge in [-0.05, 0) is 49.2 Å². The van der Waals surface area contributed by atoms with Crippen LogP contribution < -0.4 is 14.8 Å². The Bertz CT molecular complexity index is 813. The maximum Gasteiger partial charge on any atom is 0.338 e. The van der Waals surface area contributed by atoms with Gasteiger partial charge in [-0.1, -0.05) is 15.9 Å². The number of carbonyl (C=O) groups is 2. The quantitative estimate of drug-likeness (QED) is 0.716. The van der Waals surface area contributed by atoms with Crippen LogP contribution in [0.5, 0.6) is 11.5 Å². The molecule has 0 spiro atoms. The number of halogens is 1. The van der Waals surface area contributed by atoms with Crippen LogP contribution in [-0.4, -0.2) is 32.7 Å². The van der Waals surface area contributed by atoms with Gasteiger partial charge in [-0.15, -0.1) is 0 Å². The Labute approximate surface area is 160 Å². The van der Waals surface area contributed by atoms with Gasteiger partial charge in [0.15, 0.2) is 6.61 Å². The molecular weight excluding hydrogens is 402 g/mol. The first kappa shape index (κ1) is 19.8. The molecule has 2 aromatic rings. The second-order valence-electron chi connectivity index (χ2n) is 5.57. The molecule has 0 aromatic heterocycles. The minimum absolute atomic E-state index is 0.240. The largest absolute Gasteiger partial charge is 0.497 e. The van der Waals surface area contributed by atoms with E-state index in [0.717, 1.165) is 15.6 Å². The average molecular weight is 422 g/mol. The van der Waals surface area contributed by atoms with Gasteiger partial charge in [0.05, 0.1) is 19.8 Å². The number of carbonyl (C=O) groups excluding carboxylic acids is 2. The third-order valence-electron chi connectivity index (χ3n) is 3.92. The third-order valence-corrected chi connectivity index (χ3v) is 4.78. The van der Waals surface area contributed by atoms with E-state index in [0.29, 0.717) is 17.2 Å². The molecular formula is C19H20BrNO5. The van der Waals surface area contributed by atoms with E-state index in [-0.39, 0.29) is 5.56 Å². The Balaban J connectivity index is 2.01. The molecule has 0 bridgehead atoms. The molecule has 2 rings (SSSR count). The normalized spacial score (nSPS) is 10.2. The zero-order chi connectivity index (χ0) is 19.3. The Morgan fingerprint density at radius 3 is 2.19 bits per heavy atom. The van der Waals surface area contributed by atoms with Crippen molar-refractivity contribution in [3.05, 3.63) is 51.5 Å². The lowest BCUT2D eigenvalue weighted by atomic mass is 10.1. The van der Waals surface area contributed by atoms with E-state index in [1.165, 1.54) is 26.4 Å². The van der Waals surface area contributed by atoms with Gasteiger partial charge in [0.25, 0.3) is 5.91 Å². The molecule has 0 atom stereocenters. The fourth-order valence-corrected chi connectivity index (χ4v) is 2.68. The van der Waals surface area contributed by atoms with Crippen molar-refractivity contribution in [3.8, 4) is 11.5 Å². The van der Waals surface area contributed by atoms with Crippen LogP contribution in [0.2, 0.25) is 0 Å². The molecule has 6 nitrogen and oxygen atoms in total. The van der Waals surface area contributed by atoms with Crippen LogP contribution in [0, 0.1) is 13.8 Å². The highest BCUT2D eigenvalue weighted by atomic mass is 79.9. The Kier molecular flexibility index (Phi) is 6.63. The molecule has 7 heteroatoms. The van der Waals surface area contributed by atoms with E-state index in [4.69, 9.17) is 14.2 Å². The second kappa shape index (κ2) is 8.71. The Morgan fingerprint density at radius 1 is 1.00 bits per heavy atom. The summed E-state index contributed by atoms with van der Waals surface area (Å²) in [5.41, 5.74) is 2.89. The van der Waals surface area contributed by atoms with Crippen molar-refractivity contribution in [2.75, 3.05) is 26.1 Å².